The summed E-state index contributed by atoms with van der Waals surface area (Å²) in [5.74, 6) is -2.12. The number of carbonyl (C=O) groups is 2. The van der Waals surface area contributed by atoms with Crippen molar-refractivity contribution in [2.45, 2.75) is 96.2 Å². The number of nitrogens with two attached hydrogens (primary N) is 1. The Morgan fingerprint density at radius 1 is 1.20 bits per heavy atom. The number of Topliss-reactive ketones (excluding diaryl/α,β-unsaturated/α-hetero) is 1. The number of aliphatic hydroxyl groups excluding tert-OH is 3. The zero-order chi connectivity index (χ0) is 33.9. The number of halogens is 3. The number of nitrogens with one attached hydrogen (secondary N) is 1. The summed E-state index contributed by atoms with van der Waals surface area (Å²) in [6.45, 7) is 11.0. The summed E-state index contributed by atoms with van der Waals surface area (Å²) in [6, 6.07) is 3.27. The van der Waals surface area contributed by atoms with E-state index in [0.29, 0.717) is 52.7 Å². The number of nitrogen functional groups attached to an aromatic ring is 1. The topological polar surface area (TPSA) is 153 Å². The van der Waals surface area contributed by atoms with Crippen molar-refractivity contribution in [2.75, 3.05) is 18.9 Å². The van der Waals surface area contributed by atoms with Crippen molar-refractivity contribution in [3.05, 3.63) is 51.5 Å². The van der Waals surface area contributed by atoms with Gasteiger partial charge in [0.15, 0.2) is 17.2 Å². The minimum Gasteiger partial charge on any atom is -0.396 e. The van der Waals surface area contributed by atoms with E-state index in [2.05, 4.69) is 5.32 Å². The van der Waals surface area contributed by atoms with Crippen LogP contribution in [0.25, 0.3) is 0 Å². The molecule has 3 saturated carbocycles. The van der Waals surface area contributed by atoms with Gasteiger partial charge >= 0.3 is 0 Å². The number of ketones is 2. The lowest BCUT2D eigenvalue weighted by atomic mass is 9.44. The van der Waals surface area contributed by atoms with Crippen molar-refractivity contribution in [3.8, 4) is 0 Å². The van der Waals surface area contributed by atoms with Gasteiger partial charge in [-0.2, -0.15) is 0 Å². The van der Waals surface area contributed by atoms with Crippen LogP contribution >= 0.6 is 23.2 Å². The van der Waals surface area contributed by atoms with E-state index in [1.807, 2.05) is 20.8 Å². The highest BCUT2D eigenvalue weighted by Gasteiger charge is 2.75. The second-order valence-corrected chi connectivity index (χ2v) is 15.6. The molecule has 7 N–H and O–H groups in total. The molecule has 8 nitrogen and oxygen atoms in total. The molecule has 0 heterocycles. The van der Waals surface area contributed by atoms with Crippen LogP contribution < -0.4 is 11.1 Å². The number of β-amino-alcohol motifs (C(OH)–C–C–N with tert-alkyl or cyclic N) is 1. The second kappa shape index (κ2) is 12.3. The Bertz CT molecular complexity index is 1390. The summed E-state index contributed by atoms with van der Waals surface area (Å²) in [5, 5.41) is 45.9. The number of allylic oxidation sites excluding steroid dienone is 4. The molecule has 9 atom stereocenters. The van der Waals surface area contributed by atoms with Gasteiger partial charge in [0.1, 0.15) is 12.2 Å². The summed E-state index contributed by atoms with van der Waals surface area (Å²) in [7, 11) is 0. The van der Waals surface area contributed by atoms with Crippen molar-refractivity contribution in [2.24, 2.45) is 28.6 Å². The van der Waals surface area contributed by atoms with E-state index < -0.39 is 58.5 Å². The summed E-state index contributed by atoms with van der Waals surface area (Å²) in [5.41, 5.74) is 1.41. The highest BCUT2D eigenvalue weighted by atomic mass is 35.5. The monoisotopic (exact) mass is 668 g/mol. The molecule has 1 unspecified atom stereocenters. The first-order valence-corrected chi connectivity index (χ1v) is 16.3. The van der Waals surface area contributed by atoms with E-state index in [1.54, 1.807) is 39.0 Å². The van der Waals surface area contributed by atoms with Crippen molar-refractivity contribution in [1.82, 2.24) is 5.32 Å². The van der Waals surface area contributed by atoms with Crippen molar-refractivity contribution in [3.63, 3.8) is 0 Å². The number of benzene rings is 1. The van der Waals surface area contributed by atoms with E-state index in [-0.39, 0.29) is 23.7 Å². The molecule has 0 spiro atoms. The largest absolute Gasteiger partial charge is 0.396 e. The zero-order valence-corrected chi connectivity index (χ0v) is 28.3. The molecule has 1 aromatic carbocycles. The highest BCUT2D eigenvalue weighted by Crippen LogP contribution is 2.70. The lowest BCUT2D eigenvalue weighted by molar-refractivity contribution is -0.219. The standard InChI is InChI=1S/C22H29FO5.C12H18Cl2N2O/c1-12-8-16-15-5-4-13-9-14(25)6-7-19(13,2)21(15,23)17(26)10-20(16,3)22(12,28)18(27)11-24;1-12(2,3)16-6-10(17)7-4-8(13)11(15)9(14)5-7/h6-7,9,12,15-17,24,26,28H,4-5,8,10-11H2,1-3H3;4-5,10,16-17H,6,15H2,1-3H3/t12-,15+,16+,17+,19+,20+,21+,22+;/m1./s1. The number of rotatable bonds is 5. The maximum absolute atomic E-state index is 16.9. The summed E-state index contributed by atoms with van der Waals surface area (Å²) in [4.78, 5) is 24.4. The van der Waals surface area contributed by atoms with E-state index in [4.69, 9.17) is 28.9 Å². The fourth-order valence-electron chi connectivity index (χ4n) is 8.58. The molecule has 3 fully saturated rings. The van der Waals surface area contributed by atoms with Crippen LogP contribution in [-0.2, 0) is 9.59 Å². The van der Waals surface area contributed by atoms with Gasteiger partial charge in [-0.3, -0.25) is 9.59 Å². The number of carbonyl (C=O) groups excluding carboxylic acids is 2. The molecule has 4 aliphatic rings. The van der Waals surface area contributed by atoms with Gasteiger partial charge in [0.05, 0.1) is 27.9 Å². The minimum atomic E-state index is -1.98. The third kappa shape index (κ3) is 5.81. The molecular weight excluding hydrogens is 622 g/mol. The van der Waals surface area contributed by atoms with Crippen LogP contribution in [0, 0.1) is 28.6 Å². The summed E-state index contributed by atoms with van der Waals surface area (Å²) in [6.07, 6.45) is 3.78. The second-order valence-electron chi connectivity index (χ2n) is 14.8. The van der Waals surface area contributed by atoms with Crippen molar-refractivity contribution >= 4 is 40.5 Å². The lowest BCUT2D eigenvalue weighted by Crippen LogP contribution is -2.69. The fourth-order valence-corrected chi connectivity index (χ4v) is 9.08. The van der Waals surface area contributed by atoms with Crippen LogP contribution in [-0.4, -0.2) is 68.1 Å². The number of fused-ring (bicyclic) bond motifs is 5. The number of aliphatic hydroxyl groups is 4. The van der Waals surface area contributed by atoms with Gasteiger partial charge in [0.2, 0.25) is 0 Å². The molecule has 4 aliphatic carbocycles. The predicted molar refractivity (Wildman–Crippen MR) is 174 cm³/mol. The zero-order valence-electron chi connectivity index (χ0n) is 26.8. The quantitative estimate of drug-likeness (QED) is 0.243. The number of alkyl halides is 1. The van der Waals surface area contributed by atoms with Crippen molar-refractivity contribution in [1.29, 1.82) is 0 Å². The van der Waals surface area contributed by atoms with Crippen LogP contribution in [0.3, 0.4) is 0 Å². The molecule has 0 bridgehead atoms. The fraction of sp³-hybridized carbons (Fsp3) is 0.647. The van der Waals surface area contributed by atoms with Gasteiger partial charge in [-0.25, -0.2) is 4.39 Å². The minimum absolute atomic E-state index is 0.0532. The number of hydrogen-bond donors (Lipinski definition) is 6. The molecule has 11 heteroatoms. The average molecular weight is 670 g/mol. The normalized spacial score (nSPS) is 37.9. The molecule has 250 valence electrons. The first kappa shape index (κ1) is 36.0. The van der Waals surface area contributed by atoms with Crippen molar-refractivity contribution < 1.29 is 34.4 Å². The Hall–Kier alpha value is -1.85. The molecule has 0 amide bonds. The van der Waals surface area contributed by atoms with Crippen LogP contribution in [0.5, 0.6) is 0 Å². The Balaban J connectivity index is 0.000000233. The molecule has 0 radical (unpaired) electrons. The maximum Gasteiger partial charge on any atom is 0.190 e. The highest BCUT2D eigenvalue weighted by molar-refractivity contribution is 6.38. The number of anilines is 1. The molecular formula is C34H47Cl2FN2O6. The third-order valence-electron chi connectivity index (χ3n) is 11.1. The average Bonchev–Trinajstić information content (AvgIpc) is 3.16. The molecule has 45 heavy (non-hydrogen) atoms. The molecule has 0 aliphatic heterocycles. The van der Waals surface area contributed by atoms with Gasteiger partial charge < -0.3 is 31.5 Å². The molecule has 0 aromatic heterocycles. The van der Waals surface area contributed by atoms with Crippen LogP contribution in [0.4, 0.5) is 10.1 Å². The summed E-state index contributed by atoms with van der Waals surface area (Å²) >= 11 is 11.8. The molecule has 5 rings (SSSR count). The number of hydrogen-bond acceptors (Lipinski definition) is 8. The van der Waals surface area contributed by atoms with E-state index in [9.17, 15) is 30.0 Å². The Kier molecular flexibility index (Phi) is 9.85. The molecule has 0 saturated heterocycles. The maximum atomic E-state index is 16.9. The lowest BCUT2D eigenvalue weighted by Gasteiger charge is -2.62. The smallest absolute Gasteiger partial charge is 0.190 e. The van der Waals surface area contributed by atoms with E-state index in [1.165, 1.54) is 12.2 Å². The van der Waals surface area contributed by atoms with E-state index >= 15 is 4.39 Å². The van der Waals surface area contributed by atoms with Gasteiger partial charge in [-0.05, 0) is 95.1 Å². The van der Waals surface area contributed by atoms with Gasteiger partial charge in [0.25, 0.3) is 0 Å². The van der Waals surface area contributed by atoms with Gasteiger partial charge in [-0.1, -0.05) is 48.7 Å². The SMILES string of the molecule is CC(C)(C)NCC(O)c1cc(Cl)c(N)c(Cl)c1.C[C@@H]1C[C@H]2[C@@H]3CCC4=CC(=O)C=C[C@]4(C)[C@@]3(F)[C@@H](O)C[C@]2(C)[C@@]1(O)C(=O)CO. The van der Waals surface area contributed by atoms with Gasteiger partial charge in [-0.15, -0.1) is 0 Å². The van der Waals surface area contributed by atoms with Crippen LogP contribution in [0.1, 0.15) is 78.9 Å². The predicted octanol–water partition coefficient (Wildman–Crippen LogP) is 4.89. The molecule has 1 aromatic rings. The van der Waals surface area contributed by atoms with E-state index in [0.717, 1.165) is 0 Å². The first-order valence-electron chi connectivity index (χ1n) is 15.5. The first-order chi connectivity index (χ1) is 20.7. The Morgan fingerprint density at radius 2 is 1.80 bits per heavy atom. The Labute approximate surface area is 274 Å². The Morgan fingerprint density at radius 3 is 2.36 bits per heavy atom. The van der Waals surface area contributed by atoms with Gasteiger partial charge in [0, 0.05) is 28.8 Å². The summed E-state index contributed by atoms with van der Waals surface area (Å²) < 4.78 is 16.9. The van der Waals surface area contributed by atoms with Crippen LogP contribution in [0.2, 0.25) is 10.0 Å². The van der Waals surface area contributed by atoms with Crippen LogP contribution in [0.15, 0.2) is 35.9 Å². The third-order valence-corrected chi connectivity index (χ3v) is 11.7.